The summed E-state index contributed by atoms with van der Waals surface area (Å²) < 4.78 is 10.7. The van der Waals surface area contributed by atoms with Crippen LogP contribution in [0.2, 0.25) is 0 Å². The van der Waals surface area contributed by atoms with E-state index in [2.05, 4.69) is 18.3 Å². The Morgan fingerprint density at radius 1 is 1.09 bits per heavy atom. The van der Waals surface area contributed by atoms with Gasteiger partial charge in [-0.1, -0.05) is 25.1 Å². The summed E-state index contributed by atoms with van der Waals surface area (Å²) in [4.78, 5) is 12.0. The number of methoxy groups -OCH3 is 1. The van der Waals surface area contributed by atoms with E-state index < -0.39 is 0 Å². The molecule has 0 aliphatic carbocycles. The molecule has 0 aliphatic heterocycles. The van der Waals surface area contributed by atoms with Gasteiger partial charge in [-0.25, -0.2) is 0 Å². The lowest BCUT2D eigenvalue weighted by atomic mass is 10.2. The van der Waals surface area contributed by atoms with Crippen molar-refractivity contribution >= 4 is 5.91 Å². The highest BCUT2D eigenvalue weighted by molar-refractivity contribution is 5.94. The highest BCUT2D eigenvalue weighted by Crippen LogP contribution is 2.14. The van der Waals surface area contributed by atoms with Crippen LogP contribution in [-0.4, -0.2) is 26.2 Å². The van der Waals surface area contributed by atoms with Crippen molar-refractivity contribution in [3.63, 3.8) is 0 Å². The Labute approximate surface area is 131 Å². The first-order valence-electron chi connectivity index (χ1n) is 7.37. The summed E-state index contributed by atoms with van der Waals surface area (Å²) in [5.74, 6) is 1.36. The smallest absolute Gasteiger partial charge is 0.251 e. The first kappa shape index (κ1) is 15.9. The zero-order valence-electron chi connectivity index (χ0n) is 13.0. The van der Waals surface area contributed by atoms with Crippen LogP contribution < -0.4 is 14.8 Å². The quantitative estimate of drug-likeness (QED) is 0.799. The Balaban J connectivity index is 1.79. The number of nitrogens with one attached hydrogen (secondary N) is 1. The second-order valence-corrected chi connectivity index (χ2v) is 4.84. The number of aryl methyl sites for hydroxylation is 1. The Bertz CT molecular complexity index is 625. The van der Waals surface area contributed by atoms with Crippen molar-refractivity contribution in [3.05, 3.63) is 59.7 Å². The molecule has 0 atom stereocenters. The molecule has 4 heteroatoms. The molecule has 2 aromatic rings. The second kappa shape index (κ2) is 8.08. The minimum Gasteiger partial charge on any atom is -0.497 e. The van der Waals surface area contributed by atoms with Crippen molar-refractivity contribution in [1.82, 2.24) is 5.32 Å². The van der Waals surface area contributed by atoms with E-state index in [0.717, 1.165) is 12.2 Å². The maximum absolute atomic E-state index is 12.0. The molecular formula is C18H21NO3. The topological polar surface area (TPSA) is 47.6 Å². The molecule has 0 fully saturated rings. The summed E-state index contributed by atoms with van der Waals surface area (Å²) >= 11 is 0. The summed E-state index contributed by atoms with van der Waals surface area (Å²) in [6, 6.07) is 15.0. The van der Waals surface area contributed by atoms with Gasteiger partial charge < -0.3 is 14.8 Å². The van der Waals surface area contributed by atoms with Gasteiger partial charge in [0.05, 0.1) is 13.7 Å². The number of benzene rings is 2. The molecule has 1 N–H and O–H groups in total. The van der Waals surface area contributed by atoms with Gasteiger partial charge in [-0.3, -0.25) is 4.79 Å². The Morgan fingerprint density at radius 2 is 1.86 bits per heavy atom. The lowest BCUT2D eigenvalue weighted by molar-refractivity contribution is 0.0946. The van der Waals surface area contributed by atoms with Crippen molar-refractivity contribution in [2.45, 2.75) is 13.3 Å². The van der Waals surface area contributed by atoms with Crippen LogP contribution in [0.5, 0.6) is 11.5 Å². The summed E-state index contributed by atoms with van der Waals surface area (Å²) in [5, 5.41) is 2.83. The van der Waals surface area contributed by atoms with Crippen LogP contribution in [0, 0.1) is 0 Å². The summed E-state index contributed by atoms with van der Waals surface area (Å²) in [6.07, 6.45) is 0.976. The standard InChI is InChI=1S/C18H21NO3/c1-3-14-6-4-9-17(12-14)22-11-10-19-18(20)15-7-5-8-16(13-15)21-2/h4-9,12-13H,3,10-11H2,1-2H3,(H,19,20). The van der Waals surface area contributed by atoms with Gasteiger partial charge in [0.15, 0.2) is 0 Å². The maximum atomic E-state index is 12.0. The van der Waals surface area contributed by atoms with Crippen LogP contribution in [0.4, 0.5) is 0 Å². The van der Waals surface area contributed by atoms with Crippen LogP contribution in [0.3, 0.4) is 0 Å². The molecule has 4 nitrogen and oxygen atoms in total. The van der Waals surface area contributed by atoms with Gasteiger partial charge in [0, 0.05) is 5.56 Å². The number of rotatable bonds is 7. The van der Waals surface area contributed by atoms with E-state index in [4.69, 9.17) is 9.47 Å². The molecule has 0 aliphatic rings. The fourth-order valence-electron chi connectivity index (χ4n) is 2.06. The van der Waals surface area contributed by atoms with Crippen molar-refractivity contribution in [2.75, 3.05) is 20.3 Å². The van der Waals surface area contributed by atoms with Crippen molar-refractivity contribution in [2.24, 2.45) is 0 Å². The molecule has 1 amide bonds. The molecule has 0 unspecified atom stereocenters. The fourth-order valence-corrected chi connectivity index (χ4v) is 2.06. The van der Waals surface area contributed by atoms with Gasteiger partial charge >= 0.3 is 0 Å². The molecule has 0 saturated carbocycles. The first-order chi connectivity index (χ1) is 10.7. The average Bonchev–Trinajstić information content (AvgIpc) is 2.58. The molecular weight excluding hydrogens is 278 g/mol. The van der Waals surface area contributed by atoms with Crippen molar-refractivity contribution in [1.29, 1.82) is 0 Å². The molecule has 0 heterocycles. The third-order valence-corrected chi connectivity index (χ3v) is 3.29. The van der Waals surface area contributed by atoms with Crippen LogP contribution >= 0.6 is 0 Å². The van der Waals surface area contributed by atoms with Gasteiger partial charge in [0.2, 0.25) is 0 Å². The lowest BCUT2D eigenvalue weighted by Gasteiger charge is -2.09. The number of hydrogen-bond acceptors (Lipinski definition) is 3. The lowest BCUT2D eigenvalue weighted by Crippen LogP contribution is -2.28. The van der Waals surface area contributed by atoms with Gasteiger partial charge in [-0.15, -0.1) is 0 Å². The molecule has 0 bridgehead atoms. The molecule has 2 rings (SSSR count). The van der Waals surface area contributed by atoms with Gasteiger partial charge in [0.1, 0.15) is 18.1 Å². The molecule has 0 aromatic heterocycles. The number of carbonyl (C=O) groups is 1. The fraction of sp³-hybridized carbons (Fsp3) is 0.278. The monoisotopic (exact) mass is 299 g/mol. The van der Waals surface area contributed by atoms with E-state index in [1.54, 1.807) is 31.4 Å². The second-order valence-electron chi connectivity index (χ2n) is 4.84. The maximum Gasteiger partial charge on any atom is 0.251 e. The van der Waals surface area contributed by atoms with Gasteiger partial charge in [-0.05, 0) is 42.3 Å². The average molecular weight is 299 g/mol. The largest absolute Gasteiger partial charge is 0.497 e. The van der Waals surface area contributed by atoms with E-state index in [1.807, 2.05) is 18.2 Å². The Morgan fingerprint density at radius 3 is 2.64 bits per heavy atom. The molecule has 0 saturated heterocycles. The van der Waals surface area contributed by atoms with E-state index in [0.29, 0.717) is 24.5 Å². The highest BCUT2D eigenvalue weighted by Gasteiger charge is 2.05. The summed E-state index contributed by atoms with van der Waals surface area (Å²) in [5.41, 5.74) is 1.81. The van der Waals surface area contributed by atoms with Crippen LogP contribution in [0.25, 0.3) is 0 Å². The molecule has 0 radical (unpaired) electrons. The zero-order valence-corrected chi connectivity index (χ0v) is 13.0. The predicted octanol–water partition coefficient (Wildman–Crippen LogP) is 3.07. The number of amides is 1. The Hall–Kier alpha value is -2.49. The normalized spacial score (nSPS) is 10.1. The van der Waals surface area contributed by atoms with E-state index in [1.165, 1.54) is 5.56 Å². The molecule has 0 spiro atoms. The Kier molecular flexibility index (Phi) is 5.83. The predicted molar refractivity (Wildman–Crippen MR) is 86.6 cm³/mol. The third kappa shape index (κ3) is 4.52. The van der Waals surface area contributed by atoms with E-state index in [-0.39, 0.29) is 5.91 Å². The number of ether oxygens (including phenoxy) is 2. The summed E-state index contributed by atoms with van der Waals surface area (Å²) in [6.45, 7) is 2.99. The summed E-state index contributed by atoms with van der Waals surface area (Å²) in [7, 11) is 1.58. The number of hydrogen-bond donors (Lipinski definition) is 1. The first-order valence-corrected chi connectivity index (χ1v) is 7.37. The van der Waals surface area contributed by atoms with Crippen LogP contribution in [-0.2, 0) is 6.42 Å². The minimum atomic E-state index is -0.134. The van der Waals surface area contributed by atoms with E-state index >= 15 is 0 Å². The molecule has 2 aromatic carbocycles. The third-order valence-electron chi connectivity index (χ3n) is 3.29. The number of carbonyl (C=O) groups excluding carboxylic acids is 1. The van der Waals surface area contributed by atoms with Crippen molar-refractivity contribution < 1.29 is 14.3 Å². The molecule has 116 valence electrons. The SMILES string of the molecule is CCc1cccc(OCCNC(=O)c2cccc(OC)c2)c1. The molecule has 22 heavy (non-hydrogen) atoms. The van der Waals surface area contributed by atoms with Gasteiger partial charge in [-0.2, -0.15) is 0 Å². The van der Waals surface area contributed by atoms with E-state index in [9.17, 15) is 4.79 Å². The minimum absolute atomic E-state index is 0.134. The zero-order chi connectivity index (χ0) is 15.8. The van der Waals surface area contributed by atoms with Crippen LogP contribution in [0.1, 0.15) is 22.8 Å². The van der Waals surface area contributed by atoms with Crippen LogP contribution in [0.15, 0.2) is 48.5 Å². The highest BCUT2D eigenvalue weighted by atomic mass is 16.5. The van der Waals surface area contributed by atoms with Crippen molar-refractivity contribution in [3.8, 4) is 11.5 Å². The van der Waals surface area contributed by atoms with Gasteiger partial charge in [0.25, 0.3) is 5.91 Å².